The number of ketones is 1. The van der Waals surface area contributed by atoms with Gasteiger partial charge in [-0.15, -0.1) is 0 Å². The van der Waals surface area contributed by atoms with E-state index in [9.17, 15) is 23.2 Å². The van der Waals surface area contributed by atoms with Crippen molar-refractivity contribution in [3.8, 4) is 11.4 Å². The van der Waals surface area contributed by atoms with Crippen LogP contribution in [0.5, 0.6) is 5.75 Å². The smallest absolute Gasteiger partial charge is 0.387 e. The molecule has 0 bridgehead atoms. The number of carbonyl (C=O) groups excluding carboxylic acids is 3. The number of hydrogen-bond donors (Lipinski definition) is 1. The van der Waals surface area contributed by atoms with Crippen LogP contribution in [0.1, 0.15) is 41.0 Å². The van der Waals surface area contributed by atoms with Gasteiger partial charge in [0, 0.05) is 22.6 Å². The number of aromatic nitrogens is 1. The zero-order valence-electron chi connectivity index (χ0n) is 16.6. The second kappa shape index (κ2) is 7.23. The molecule has 4 rings (SSSR count). The Balaban J connectivity index is 1.55. The van der Waals surface area contributed by atoms with Crippen LogP contribution in [0.15, 0.2) is 30.3 Å². The summed E-state index contributed by atoms with van der Waals surface area (Å²) < 4.78 is 30.8. The molecule has 7 nitrogen and oxygen atoms in total. The van der Waals surface area contributed by atoms with Gasteiger partial charge >= 0.3 is 12.6 Å². The van der Waals surface area contributed by atoms with E-state index in [0.29, 0.717) is 29.8 Å². The summed E-state index contributed by atoms with van der Waals surface area (Å²) in [7, 11) is 0. The molecule has 0 unspecified atom stereocenters. The molecular formula is C21H21F2N3O4. The van der Waals surface area contributed by atoms with Crippen molar-refractivity contribution in [2.45, 2.75) is 45.3 Å². The summed E-state index contributed by atoms with van der Waals surface area (Å²) in [6.45, 7) is 0.338. The van der Waals surface area contributed by atoms with E-state index in [1.54, 1.807) is 29.7 Å². The van der Waals surface area contributed by atoms with Crippen LogP contribution >= 0.6 is 0 Å². The predicted octanol–water partition coefficient (Wildman–Crippen LogP) is 3.35. The molecule has 1 saturated carbocycles. The minimum atomic E-state index is -2.90. The van der Waals surface area contributed by atoms with Crippen LogP contribution in [0.25, 0.3) is 5.69 Å². The predicted molar refractivity (Wildman–Crippen MR) is 103 cm³/mol. The number of imide groups is 1. The highest BCUT2D eigenvalue weighted by molar-refractivity contribution is 6.11. The maximum absolute atomic E-state index is 12.9. The van der Waals surface area contributed by atoms with Gasteiger partial charge in [-0.2, -0.15) is 8.78 Å². The van der Waals surface area contributed by atoms with Crippen molar-refractivity contribution in [2.24, 2.45) is 0 Å². The number of halogens is 2. The van der Waals surface area contributed by atoms with Crippen molar-refractivity contribution in [2.75, 3.05) is 6.54 Å². The molecule has 1 saturated heterocycles. The number of urea groups is 1. The van der Waals surface area contributed by atoms with Crippen LogP contribution in [0.2, 0.25) is 0 Å². The van der Waals surface area contributed by atoms with Gasteiger partial charge in [0.2, 0.25) is 0 Å². The van der Waals surface area contributed by atoms with Crippen LogP contribution < -0.4 is 10.1 Å². The highest BCUT2D eigenvalue weighted by Crippen LogP contribution is 2.37. The minimum absolute atomic E-state index is 0.0380. The number of aryl methyl sites for hydroxylation is 1. The van der Waals surface area contributed by atoms with Crippen LogP contribution in [0, 0.1) is 13.8 Å². The van der Waals surface area contributed by atoms with Crippen molar-refractivity contribution in [3.63, 3.8) is 0 Å². The standard InChI is InChI=1S/C21H21F2N3O4/c1-12-10-16(13(2)26(12)14-4-6-15(7-5-14)30-19(22)23)17(27)11-25-18(28)21(8-3-9-21)24-20(25)29/h4-7,10,19H,3,8-9,11H2,1-2H3,(H,24,29). The SMILES string of the molecule is Cc1cc(C(=O)CN2C(=O)NC3(CCC3)C2=O)c(C)n1-c1ccc(OC(F)F)cc1. The second-order valence-corrected chi connectivity index (χ2v) is 7.67. The van der Waals surface area contributed by atoms with Crippen molar-refractivity contribution in [1.29, 1.82) is 0 Å². The lowest BCUT2D eigenvalue weighted by atomic mass is 9.77. The molecule has 3 amide bonds. The molecule has 2 aromatic rings. The van der Waals surface area contributed by atoms with E-state index in [1.165, 1.54) is 12.1 Å². The van der Waals surface area contributed by atoms with Gasteiger partial charge in [0.1, 0.15) is 11.3 Å². The fourth-order valence-electron chi connectivity index (χ4n) is 4.14. The monoisotopic (exact) mass is 417 g/mol. The highest BCUT2D eigenvalue weighted by Gasteiger charge is 2.55. The Hall–Kier alpha value is -3.23. The first-order valence-electron chi connectivity index (χ1n) is 9.63. The Morgan fingerprint density at radius 1 is 1.20 bits per heavy atom. The van der Waals surface area contributed by atoms with Gasteiger partial charge in [0.05, 0.1) is 6.54 Å². The Morgan fingerprint density at radius 2 is 1.87 bits per heavy atom. The van der Waals surface area contributed by atoms with Gasteiger partial charge in [0.15, 0.2) is 5.78 Å². The lowest BCUT2D eigenvalue weighted by molar-refractivity contribution is -0.133. The number of Topliss-reactive ketones (excluding diaryl/α,β-unsaturated/α-hetero) is 1. The first-order chi connectivity index (χ1) is 14.2. The average Bonchev–Trinajstić information content (AvgIpc) is 3.09. The molecule has 1 aromatic heterocycles. The topological polar surface area (TPSA) is 80.6 Å². The molecular weight excluding hydrogens is 396 g/mol. The molecule has 2 fully saturated rings. The molecule has 0 radical (unpaired) electrons. The zero-order valence-corrected chi connectivity index (χ0v) is 16.6. The van der Waals surface area contributed by atoms with Gasteiger partial charge < -0.3 is 14.6 Å². The number of benzene rings is 1. The quantitative estimate of drug-likeness (QED) is 0.577. The first kappa shape index (κ1) is 20.1. The first-order valence-corrected chi connectivity index (χ1v) is 9.63. The molecule has 1 N–H and O–H groups in total. The third-order valence-electron chi connectivity index (χ3n) is 5.81. The van der Waals surface area contributed by atoms with E-state index in [-0.39, 0.29) is 24.0 Å². The van der Waals surface area contributed by atoms with Crippen LogP contribution in [-0.4, -0.2) is 45.9 Å². The number of alkyl halides is 2. The number of rotatable bonds is 6. The van der Waals surface area contributed by atoms with Crippen LogP contribution in [0.4, 0.5) is 13.6 Å². The van der Waals surface area contributed by atoms with Gasteiger partial charge in [-0.3, -0.25) is 14.5 Å². The summed E-state index contributed by atoms with van der Waals surface area (Å²) in [5, 5.41) is 2.71. The van der Waals surface area contributed by atoms with Crippen LogP contribution in [0.3, 0.4) is 0 Å². The third kappa shape index (κ3) is 3.24. The average molecular weight is 417 g/mol. The van der Waals surface area contributed by atoms with E-state index in [0.717, 1.165) is 17.0 Å². The molecule has 1 spiro atoms. The molecule has 1 aromatic carbocycles. The summed E-state index contributed by atoms with van der Waals surface area (Å²) in [5.41, 5.74) is 1.64. The Kier molecular flexibility index (Phi) is 4.83. The lowest BCUT2D eigenvalue weighted by Crippen LogP contribution is -2.52. The zero-order chi connectivity index (χ0) is 21.6. The summed E-state index contributed by atoms with van der Waals surface area (Å²) in [6, 6.07) is 7.24. The molecule has 9 heteroatoms. The summed E-state index contributed by atoms with van der Waals surface area (Å²) in [5.74, 6) is -0.640. The molecule has 2 heterocycles. The van der Waals surface area contributed by atoms with Crippen LogP contribution in [-0.2, 0) is 4.79 Å². The van der Waals surface area contributed by atoms with E-state index in [2.05, 4.69) is 10.1 Å². The normalized spacial score (nSPS) is 17.4. The van der Waals surface area contributed by atoms with Gasteiger partial charge in [-0.25, -0.2) is 4.79 Å². The van der Waals surface area contributed by atoms with E-state index in [1.807, 2.05) is 6.92 Å². The molecule has 30 heavy (non-hydrogen) atoms. The number of ether oxygens (including phenoxy) is 1. The Bertz CT molecular complexity index is 1030. The van der Waals surface area contributed by atoms with Crippen molar-refractivity contribution < 1.29 is 27.9 Å². The largest absolute Gasteiger partial charge is 0.435 e. The third-order valence-corrected chi connectivity index (χ3v) is 5.81. The Morgan fingerprint density at radius 3 is 2.40 bits per heavy atom. The molecule has 2 aliphatic rings. The molecule has 158 valence electrons. The molecule has 0 atom stereocenters. The van der Waals surface area contributed by atoms with Crippen molar-refractivity contribution in [3.05, 3.63) is 47.3 Å². The van der Waals surface area contributed by atoms with Gasteiger partial charge in [0.25, 0.3) is 5.91 Å². The van der Waals surface area contributed by atoms with Crippen molar-refractivity contribution in [1.82, 2.24) is 14.8 Å². The fourth-order valence-corrected chi connectivity index (χ4v) is 4.14. The second-order valence-electron chi connectivity index (χ2n) is 7.67. The number of nitrogens with zero attached hydrogens (tertiary/aromatic N) is 2. The minimum Gasteiger partial charge on any atom is -0.435 e. The maximum atomic E-state index is 12.9. The number of hydrogen-bond acceptors (Lipinski definition) is 4. The lowest BCUT2D eigenvalue weighted by Gasteiger charge is -2.34. The number of carbonyl (C=O) groups is 3. The summed E-state index contributed by atoms with van der Waals surface area (Å²) in [4.78, 5) is 38.7. The van der Waals surface area contributed by atoms with Gasteiger partial charge in [-0.05, 0) is 63.4 Å². The van der Waals surface area contributed by atoms with E-state index >= 15 is 0 Å². The number of nitrogens with one attached hydrogen (secondary N) is 1. The van der Waals surface area contributed by atoms with E-state index < -0.39 is 18.2 Å². The van der Waals surface area contributed by atoms with E-state index in [4.69, 9.17) is 0 Å². The summed E-state index contributed by atoms with van der Waals surface area (Å²) >= 11 is 0. The summed E-state index contributed by atoms with van der Waals surface area (Å²) in [6.07, 6.45) is 2.07. The molecule has 1 aliphatic carbocycles. The maximum Gasteiger partial charge on any atom is 0.387 e. The number of amides is 3. The van der Waals surface area contributed by atoms with Crippen molar-refractivity contribution >= 4 is 17.7 Å². The molecule has 1 aliphatic heterocycles. The fraction of sp³-hybridized carbons (Fsp3) is 0.381. The highest BCUT2D eigenvalue weighted by atomic mass is 19.3. The van der Waals surface area contributed by atoms with Gasteiger partial charge in [-0.1, -0.05) is 0 Å². The Labute approximate surface area is 171 Å².